The number of aliphatic hydroxyl groups excluding tert-OH is 1. The highest BCUT2D eigenvalue weighted by atomic mass is 16.5. The zero-order chi connectivity index (χ0) is 23.4. The number of aromatic nitrogens is 4. The van der Waals surface area contributed by atoms with Crippen LogP contribution in [0.4, 0.5) is 5.95 Å². The molecule has 10 heteroatoms. The number of ether oxygens (including phenoxy) is 1. The van der Waals surface area contributed by atoms with Crippen LogP contribution in [0.3, 0.4) is 0 Å². The number of imidazole rings is 1. The summed E-state index contributed by atoms with van der Waals surface area (Å²) in [6, 6.07) is 18.6. The van der Waals surface area contributed by atoms with Gasteiger partial charge < -0.3 is 14.4 Å². The van der Waals surface area contributed by atoms with Gasteiger partial charge in [-0.15, -0.1) is 0 Å². The number of nitrogens with zero attached hydrogens (tertiary/aromatic N) is 5. The number of aryl methyl sites for hydroxylation is 1. The van der Waals surface area contributed by atoms with Crippen molar-refractivity contribution in [1.82, 2.24) is 18.7 Å². The maximum Gasteiger partial charge on any atom is 0.332 e. The smallest absolute Gasteiger partial charge is 0.332 e. The maximum atomic E-state index is 12.9. The van der Waals surface area contributed by atoms with Gasteiger partial charge in [0.25, 0.3) is 5.56 Å². The number of hydrazone groups is 1. The Kier molecular flexibility index (Phi) is 6.36. The Morgan fingerprint density at radius 3 is 2.42 bits per heavy atom. The zero-order valence-corrected chi connectivity index (χ0v) is 18.3. The fourth-order valence-corrected chi connectivity index (χ4v) is 3.39. The highest BCUT2D eigenvalue weighted by Gasteiger charge is 2.21. The van der Waals surface area contributed by atoms with Gasteiger partial charge in [-0.3, -0.25) is 13.9 Å². The van der Waals surface area contributed by atoms with E-state index in [0.29, 0.717) is 5.75 Å². The highest BCUT2D eigenvalue weighted by molar-refractivity contribution is 5.80. The predicted octanol–water partition coefficient (Wildman–Crippen LogP) is 1.32. The lowest BCUT2D eigenvalue weighted by Crippen LogP contribution is -2.38. The van der Waals surface area contributed by atoms with Gasteiger partial charge in [0, 0.05) is 14.1 Å². The average Bonchev–Trinajstić information content (AvgIpc) is 3.19. The van der Waals surface area contributed by atoms with Crippen LogP contribution in [0, 0.1) is 0 Å². The molecule has 2 aromatic carbocycles. The first kappa shape index (κ1) is 22.0. The molecule has 0 aliphatic carbocycles. The third kappa shape index (κ3) is 4.70. The first-order valence-corrected chi connectivity index (χ1v) is 10.3. The molecule has 0 fully saturated rings. The minimum atomic E-state index is -0.955. The number of para-hydroxylation sites is 1. The Hall–Kier alpha value is -4.18. The molecule has 1 atom stereocenters. The van der Waals surface area contributed by atoms with Crippen LogP contribution in [0.1, 0.15) is 5.56 Å². The molecule has 4 rings (SSSR count). The van der Waals surface area contributed by atoms with Crippen molar-refractivity contribution in [3.63, 3.8) is 0 Å². The van der Waals surface area contributed by atoms with Gasteiger partial charge in [0.15, 0.2) is 11.2 Å². The normalized spacial score (nSPS) is 12.3. The minimum Gasteiger partial charge on any atom is -0.491 e. The van der Waals surface area contributed by atoms with Crippen molar-refractivity contribution in [1.29, 1.82) is 0 Å². The third-order valence-corrected chi connectivity index (χ3v) is 5.10. The number of rotatable bonds is 8. The van der Waals surface area contributed by atoms with E-state index in [9.17, 15) is 14.7 Å². The van der Waals surface area contributed by atoms with E-state index < -0.39 is 17.4 Å². The van der Waals surface area contributed by atoms with E-state index in [1.165, 1.54) is 23.2 Å². The van der Waals surface area contributed by atoms with Crippen LogP contribution < -0.4 is 21.4 Å². The Bertz CT molecular complexity index is 1390. The van der Waals surface area contributed by atoms with Crippen LogP contribution in [0.5, 0.6) is 5.75 Å². The van der Waals surface area contributed by atoms with Gasteiger partial charge in [0.1, 0.15) is 18.5 Å². The van der Waals surface area contributed by atoms with Crippen LogP contribution in [0.15, 0.2) is 75.4 Å². The van der Waals surface area contributed by atoms with Gasteiger partial charge >= 0.3 is 5.69 Å². The van der Waals surface area contributed by atoms with Gasteiger partial charge in [0.2, 0.25) is 5.95 Å². The summed E-state index contributed by atoms with van der Waals surface area (Å²) in [4.78, 5) is 29.7. The summed E-state index contributed by atoms with van der Waals surface area (Å²) < 4.78 is 9.43. The van der Waals surface area contributed by atoms with Crippen molar-refractivity contribution in [2.75, 3.05) is 12.0 Å². The summed E-state index contributed by atoms with van der Waals surface area (Å²) in [6.45, 7) is 0.00244. The van der Waals surface area contributed by atoms with Crippen molar-refractivity contribution >= 4 is 23.3 Å². The van der Waals surface area contributed by atoms with E-state index in [0.717, 1.165) is 10.1 Å². The molecule has 33 heavy (non-hydrogen) atoms. The Labute approximate surface area is 189 Å². The topological polar surface area (TPSA) is 116 Å². The first-order chi connectivity index (χ1) is 16.0. The van der Waals surface area contributed by atoms with E-state index in [1.54, 1.807) is 18.3 Å². The van der Waals surface area contributed by atoms with E-state index >= 15 is 0 Å². The number of benzene rings is 2. The quantitative estimate of drug-likeness (QED) is 0.310. The lowest BCUT2D eigenvalue weighted by atomic mass is 10.2. The van der Waals surface area contributed by atoms with Crippen molar-refractivity contribution in [2.24, 2.45) is 19.2 Å². The lowest BCUT2D eigenvalue weighted by molar-refractivity contribution is 0.0938. The summed E-state index contributed by atoms with van der Waals surface area (Å²) in [5, 5.41) is 14.8. The van der Waals surface area contributed by atoms with Crippen LogP contribution in [-0.4, -0.2) is 42.7 Å². The van der Waals surface area contributed by atoms with Crippen LogP contribution in [0.2, 0.25) is 0 Å². The second-order valence-electron chi connectivity index (χ2n) is 7.48. The van der Waals surface area contributed by atoms with Gasteiger partial charge in [-0.2, -0.15) is 10.1 Å². The number of hydrogen-bond donors (Lipinski definition) is 2. The van der Waals surface area contributed by atoms with Gasteiger partial charge in [-0.05, 0) is 17.7 Å². The number of fused-ring (bicyclic) bond motifs is 1. The van der Waals surface area contributed by atoms with Gasteiger partial charge in [-0.25, -0.2) is 10.2 Å². The standard InChI is InChI=1S/C23H24N6O4/c1-27-20-19(21(31)28(2)23(27)32)29(14-17(30)15-33-18-11-7-4-8-12-18)22(25-20)26-24-13-16-9-5-3-6-10-16/h3-13,17,30H,14-15H2,1-2H3,(H,25,26). The summed E-state index contributed by atoms with van der Waals surface area (Å²) in [6.07, 6.45) is 0.652. The fraction of sp³-hybridized carbons (Fsp3) is 0.217. The summed E-state index contributed by atoms with van der Waals surface area (Å²) in [5.41, 5.74) is 3.05. The van der Waals surface area contributed by atoms with Crippen LogP contribution in [0.25, 0.3) is 11.2 Å². The molecule has 0 spiro atoms. The summed E-state index contributed by atoms with van der Waals surface area (Å²) in [5.74, 6) is 0.838. The second-order valence-corrected chi connectivity index (χ2v) is 7.48. The molecule has 170 valence electrons. The Balaban J connectivity index is 1.67. The first-order valence-electron chi connectivity index (χ1n) is 10.3. The molecular weight excluding hydrogens is 424 g/mol. The van der Waals surface area contributed by atoms with Crippen molar-refractivity contribution in [2.45, 2.75) is 12.6 Å². The number of anilines is 1. The molecule has 4 aromatic rings. The Morgan fingerprint density at radius 2 is 1.73 bits per heavy atom. The monoisotopic (exact) mass is 448 g/mol. The molecule has 0 amide bonds. The number of aliphatic hydroxyl groups is 1. The molecule has 10 nitrogen and oxygen atoms in total. The summed E-state index contributed by atoms with van der Waals surface area (Å²) in [7, 11) is 2.93. The molecule has 0 saturated carbocycles. The van der Waals surface area contributed by atoms with Gasteiger partial charge in [0.05, 0.1) is 12.8 Å². The molecule has 0 aliphatic rings. The third-order valence-electron chi connectivity index (χ3n) is 5.10. The molecule has 0 aliphatic heterocycles. The van der Waals surface area contributed by atoms with Crippen molar-refractivity contribution < 1.29 is 9.84 Å². The molecule has 2 N–H and O–H groups in total. The van der Waals surface area contributed by atoms with Crippen LogP contribution >= 0.6 is 0 Å². The van der Waals surface area contributed by atoms with Crippen molar-refractivity contribution in [3.8, 4) is 5.75 Å². The maximum absolute atomic E-state index is 12.9. The molecule has 1 unspecified atom stereocenters. The van der Waals surface area contributed by atoms with E-state index in [1.807, 2.05) is 48.5 Å². The zero-order valence-electron chi connectivity index (χ0n) is 18.3. The summed E-state index contributed by atoms with van der Waals surface area (Å²) >= 11 is 0. The molecule has 0 saturated heterocycles. The Morgan fingerprint density at radius 1 is 1.06 bits per heavy atom. The number of nitrogens with one attached hydrogen (secondary N) is 1. The molecular formula is C23H24N6O4. The highest BCUT2D eigenvalue weighted by Crippen LogP contribution is 2.17. The van der Waals surface area contributed by atoms with Crippen LogP contribution in [-0.2, 0) is 20.6 Å². The van der Waals surface area contributed by atoms with E-state index in [4.69, 9.17) is 4.74 Å². The predicted molar refractivity (Wildman–Crippen MR) is 126 cm³/mol. The van der Waals surface area contributed by atoms with Gasteiger partial charge in [-0.1, -0.05) is 48.5 Å². The van der Waals surface area contributed by atoms with E-state index in [-0.39, 0.29) is 30.3 Å². The SMILES string of the molecule is Cn1c(=O)c2c(nc(NN=Cc3ccccc3)n2CC(O)COc2ccccc2)n(C)c1=O. The molecule has 0 radical (unpaired) electrons. The minimum absolute atomic E-state index is 0.0000320. The van der Waals surface area contributed by atoms with E-state index in [2.05, 4.69) is 15.5 Å². The number of hydrogen-bond acceptors (Lipinski definition) is 7. The molecule has 2 aromatic heterocycles. The second kappa shape index (κ2) is 9.53. The average molecular weight is 448 g/mol. The van der Waals surface area contributed by atoms with Crippen molar-refractivity contribution in [3.05, 3.63) is 87.1 Å². The molecule has 0 bridgehead atoms. The largest absolute Gasteiger partial charge is 0.491 e. The molecule has 2 heterocycles. The fourth-order valence-electron chi connectivity index (χ4n) is 3.39. The lowest BCUT2D eigenvalue weighted by Gasteiger charge is -2.15.